The van der Waals surface area contributed by atoms with Crippen molar-refractivity contribution in [2.45, 2.75) is 11.1 Å². The highest BCUT2D eigenvalue weighted by molar-refractivity contribution is 6.31. The van der Waals surface area contributed by atoms with Crippen LogP contribution in [0.2, 0.25) is 20.1 Å². The van der Waals surface area contributed by atoms with Crippen molar-refractivity contribution < 1.29 is 0 Å². The Kier molecular flexibility index (Phi) is 4.48. The summed E-state index contributed by atoms with van der Waals surface area (Å²) >= 11 is 25.6. The minimum absolute atomic E-state index is 0.668. The van der Waals surface area contributed by atoms with Crippen LogP contribution in [0.1, 0.15) is 22.3 Å². The predicted molar refractivity (Wildman–Crippen MR) is 135 cm³/mol. The van der Waals surface area contributed by atoms with Crippen LogP contribution in [0.25, 0.3) is 0 Å². The van der Waals surface area contributed by atoms with Crippen molar-refractivity contribution in [3.8, 4) is 0 Å². The van der Waals surface area contributed by atoms with Gasteiger partial charge in [-0.2, -0.15) is 0 Å². The molecule has 2 nitrogen and oxygen atoms in total. The van der Waals surface area contributed by atoms with Crippen LogP contribution in [0.4, 0.5) is 11.4 Å². The minimum atomic E-state index is -0.696. The predicted octanol–water partition coefficient (Wildman–Crippen LogP) is 8.34. The lowest BCUT2D eigenvalue weighted by molar-refractivity contribution is 0.439. The van der Waals surface area contributed by atoms with Crippen molar-refractivity contribution in [2.24, 2.45) is 0 Å². The first-order chi connectivity index (χ1) is 15.4. The Morgan fingerprint density at radius 3 is 1.16 bits per heavy atom. The summed E-state index contributed by atoms with van der Waals surface area (Å²) < 4.78 is 0. The largest absolute Gasteiger partial charge is 0.369 e. The van der Waals surface area contributed by atoms with E-state index in [9.17, 15) is 0 Å². The number of benzene rings is 4. The van der Waals surface area contributed by atoms with Gasteiger partial charge in [-0.15, -0.1) is 0 Å². The summed E-state index contributed by atoms with van der Waals surface area (Å²) in [7, 11) is 0. The van der Waals surface area contributed by atoms with E-state index in [-0.39, 0.29) is 0 Å². The average Bonchev–Trinajstić information content (AvgIpc) is 3.22. The SMILES string of the molecule is Clc1ccc(C23Nc4ccc(Cl)cc4C2(c2ccc(Cl)cc2)Nc2ccc(Cl)cc23)cc1. The van der Waals surface area contributed by atoms with E-state index in [0.29, 0.717) is 20.1 Å². The first-order valence-electron chi connectivity index (χ1n) is 10.1. The second-order valence-corrected chi connectivity index (χ2v) is 9.89. The molecule has 0 fully saturated rings. The number of nitrogens with one attached hydrogen (secondary N) is 2. The van der Waals surface area contributed by atoms with Gasteiger partial charge < -0.3 is 10.6 Å². The molecule has 0 spiro atoms. The molecule has 2 N–H and O–H groups in total. The third-order valence-electron chi connectivity index (χ3n) is 6.53. The van der Waals surface area contributed by atoms with Crippen molar-refractivity contribution in [3.63, 3.8) is 0 Å². The molecule has 2 aliphatic heterocycles. The summed E-state index contributed by atoms with van der Waals surface area (Å²) in [4.78, 5) is 0. The number of hydrogen-bond donors (Lipinski definition) is 2. The Balaban J connectivity index is 1.77. The molecule has 2 unspecified atom stereocenters. The molecule has 2 aliphatic rings. The number of anilines is 2. The van der Waals surface area contributed by atoms with Crippen molar-refractivity contribution in [2.75, 3.05) is 10.6 Å². The average molecular weight is 498 g/mol. The van der Waals surface area contributed by atoms with Gasteiger partial charge in [0.15, 0.2) is 0 Å². The van der Waals surface area contributed by atoms with Gasteiger partial charge in [0.1, 0.15) is 11.1 Å². The Labute approximate surface area is 206 Å². The molecule has 2 atom stereocenters. The Morgan fingerprint density at radius 2 is 0.781 bits per heavy atom. The number of rotatable bonds is 2. The topological polar surface area (TPSA) is 24.1 Å². The monoisotopic (exact) mass is 496 g/mol. The summed E-state index contributed by atoms with van der Waals surface area (Å²) in [5, 5.41) is 10.4. The maximum Gasteiger partial charge on any atom is 0.122 e. The van der Waals surface area contributed by atoms with E-state index in [4.69, 9.17) is 46.4 Å². The highest BCUT2D eigenvalue weighted by atomic mass is 35.5. The second kappa shape index (κ2) is 7.07. The van der Waals surface area contributed by atoms with Gasteiger partial charge in [-0.05, 0) is 71.8 Å². The Hall–Kier alpha value is -2.36. The molecule has 0 aliphatic carbocycles. The molecule has 32 heavy (non-hydrogen) atoms. The van der Waals surface area contributed by atoms with E-state index in [2.05, 4.69) is 34.9 Å². The van der Waals surface area contributed by atoms with Gasteiger partial charge in [0.25, 0.3) is 0 Å². The molecule has 4 aromatic carbocycles. The quantitative estimate of drug-likeness (QED) is 0.290. The molecular weight excluding hydrogens is 482 g/mol. The van der Waals surface area contributed by atoms with Crippen LogP contribution in [0.15, 0.2) is 84.9 Å². The fourth-order valence-electron chi connectivity index (χ4n) is 5.29. The molecule has 0 saturated heterocycles. The van der Waals surface area contributed by atoms with Gasteiger partial charge in [-0.25, -0.2) is 0 Å². The van der Waals surface area contributed by atoms with Gasteiger partial charge in [0.05, 0.1) is 0 Å². The van der Waals surface area contributed by atoms with Crippen LogP contribution in [-0.2, 0) is 11.1 Å². The maximum atomic E-state index is 6.52. The molecule has 158 valence electrons. The van der Waals surface area contributed by atoms with E-state index in [1.165, 1.54) is 0 Å². The smallest absolute Gasteiger partial charge is 0.122 e. The molecule has 6 rings (SSSR count). The van der Waals surface area contributed by atoms with Gasteiger partial charge in [-0.1, -0.05) is 70.7 Å². The van der Waals surface area contributed by atoms with Crippen LogP contribution in [0.3, 0.4) is 0 Å². The summed E-state index contributed by atoms with van der Waals surface area (Å²) in [6.07, 6.45) is 0. The molecule has 2 heterocycles. The minimum Gasteiger partial charge on any atom is -0.369 e. The zero-order chi connectivity index (χ0) is 22.1. The lowest BCUT2D eigenvalue weighted by Gasteiger charge is -2.42. The van der Waals surface area contributed by atoms with Crippen LogP contribution < -0.4 is 10.6 Å². The van der Waals surface area contributed by atoms with E-state index < -0.39 is 11.1 Å². The Bertz CT molecular complexity index is 1260. The van der Waals surface area contributed by atoms with Crippen LogP contribution in [-0.4, -0.2) is 0 Å². The zero-order valence-corrected chi connectivity index (χ0v) is 19.6. The van der Waals surface area contributed by atoms with Crippen LogP contribution in [0.5, 0.6) is 0 Å². The summed E-state index contributed by atoms with van der Waals surface area (Å²) in [6, 6.07) is 27.8. The third-order valence-corrected chi connectivity index (χ3v) is 7.51. The lowest BCUT2D eigenvalue weighted by atomic mass is 9.66. The normalized spacial score (nSPS) is 22.5. The lowest BCUT2D eigenvalue weighted by Crippen LogP contribution is -2.51. The fourth-order valence-corrected chi connectivity index (χ4v) is 5.89. The highest BCUT2D eigenvalue weighted by Crippen LogP contribution is 2.64. The number of fused-ring (bicyclic) bond motifs is 5. The fraction of sp³-hybridized carbons (Fsp3) is 0.0769. The molecular formula is C26H16Cl4N2. The first-order valence-corrected chi connectivity index (χ1v) is 11.6. The standard InChI is InChI=1S/C26H16Cl4N2/c27-17-5-1-15(2-6-17)25-21-13-19(29)9-11-23(21)32-26(25,16-3-7-18(28)8-4-16)22-14-20(30)10-12-24(22)31-25/h1-14,31-32H. The van der Waals surface area contributed by atoms with Gasteiger partial charge in [0, 0.05) is 42.6 Å². The highest BCUT2D eigenvalue weighted by Gasteiger charge is 2.65. The molecule has 0 amide bonds. The number of halogens is 4. The summed E-state index contributed by atoms with van der Waals surface area (Å²) in [5.41, 5.74) is 4.81. The van der Waals surface area contributed by atoms with Gasteiger partial charge in [-0.3, -0.25) is 0 Å². The Morgan fingerprint density at radius 1 is 0.438 bits per heavy atom. The summed E-state index contributed by atoms with van der Waals surface area (Å²) in [5.74, 6) is 0. The molecule has 0 bridgehead atoms. The van der Waals surface area contributed by atoms with Gasteiger partial charge in [0.2, 0.25) is 0 Å². The first kappa shape index (κ1) is 20.3. The van der Waals surface area contributed by atoms with Crippen molar-refractivity contribution in [1.82, 2.24) is 0 Å². The van der Waals surface area contributed by atoms with Crippen LogP contribution >= 0.6 is 46.4 Å². The van der Waals surface area contributed by atoms with E-state index in [1.54, 1.807) is 0 Å². The maximum absolute atomic E-state index is 6.52. The van der Waals surface area contributed by atoms with E-state index >= 15 is 0 Å². The van der Waals surface area contributed by atoms with Crippen molar-refractivity contribution >= 4 is 57.8 Å². The molecule has 4 aromatic rings. The molecule has 0 aromatic heterocycles. The summed E-state index contributed by atoms with van der Waals surface area (Å²) in [6.45, 7) is 0. The zero-order valence-electron chi connectivity index (χ0n) is 16.6. The molecule has 0 radical (unpaired) electrons. The number of hydrogen-bond acceptors (Lipinski definition) is 2. The van der Waals surface area contributed by atoms with E-state index in [0.717, 1.165) is 33.6 Å². The van der Waals surface area contributed by atoms with Crippen LogP contribution in [0, 0.1) is 0 Å². The molecule has 0 saturated carbocycles. The van der Waals surface area contributed by atoms with Crippen molar-refractivity contribution in [1.29, 1.82) is 0 Å². The third kappa shape index (κ3) is 2.61. The van der Waals surface area contributed by atoms with Crippen molar-refractivity contribution in [3.05, 3.63) is 127 Å². The second-order valence-electron chi connectivity index (χ2n) is 8.14. The van der Waals surface area contributed by atoms with Gasteiger partial charge >= 0.3 is 0 Å². The van der Waals surface area contributed by atoms with E-state index in [1.807, 2.05) is 60.7 Å². The molecule has 6 heteroatoms.